The smallest absolute Gasteiger partial charge is 0.435 e. The fraction of sp³-hybridized carbons (Fsp3) is 0.290. The molecular formula is C31H34N4O5. The van der Waals surface area contributed by atoms with Crippen LogP contribution in [0.5, 0.6) is 5.75 Å². The fourth-order valence-electron chi connectivity index (χ4n) is 4.07. The Morgan fingerprint density at radius 1 is 0.850 bits per heavy atom. The van der Waals surface area contributed by atoms with Crippen LogP contribution in [0.1, 0.15) is 67.8 Å². The summed E-state index contributed by atoms with van der Waals surface area (Å²) < 4.78 is 12.0. The van der Waals surface area contributed by atoms with Crippen molar-refractivity contribution in [3.63, 3.8) is 0 Å². The minimum atomic E-state index is -0.691. The van der Waals surface area contributed by atoms with Gasteiger partial charge in [0.1, 0.15) is 11.4 Å². The number of rotatable bonds is 5. The summed E-state index contributed by atoms with van der Waals surface area (Å²) >= 11 is 0. The van der Waals surface area contributed by atoms with E-state index >= 15 is 0 Å². The number of benzene rings is 3. The number of nitrogens with one attached hydrogen (secondary N) is 2. The molecule has 9 heteroatoms. The van der Waals surface area contributed by atoms with Crippen molar-refractivity contribution in [1.29, 1.82) is 0 Å². The molecule has 1 heterocycles. The van der Waals surface area contributed by atoms with Crippen molar-refractivity contribution in [3.05, 3.63) is 83.6 Å². The average Bonchev–Trinajstić information content (AvgIpc) is 3.31. The number of fused-ring (bicyclic) bond motifs is 1. The molecule has 3 aromatic carbocycles. The largest absolute Gasteiger partial charge is 0.495 e. The third-order valence-corrected chi connectivity index (χ3v) is 6.14. The summed E-state index contributed by atoms with van der Waals surface area (Å²) in [6.45, 7) is 11.6. The van der Waals surface area contributed by atoms with E-state index in [9.17, 15) is 14.4 Å². The summed E-state index contributed by atoms with van der Waals surface area (Å²) in [6, 6.07) is 17.4. The summed E-state index contributed by atoms with van der Waals surface area (Å²) in [5, 5.41) is 10.5. The highest BCUT2D eigenvalue weighted by Gasteiger charge is 2.22. The number of hydrogen-bond acceptors (Lipinski definition) is 6. The van der Waals surface area contributed by atoms with E-state index in [0.29, 0.717) is 27.9 Å². The lowest BCUT2D eigenvalue weighted by Gasteiger charge is -2.19. The van der Waals surface area contributed by atoms with Gasteiger partial charge in [0.25, 0.3) is 11.8 Å². The molecule has 0 unspecified atom stereocenters. The predicted molar refractivity (Wildman–Crippen MR) is 155 cm³/mol. The van der Waals surface area contributed by atoms with Crippen LogP contribution in [0.15, 0.2) is 66.9 Å². The van der Waals surface area contributed by atoms with Crippen LogP contribution in [0.3, 0.4) is 0 Å². The Balaban J connectivity index is 1.60. The van der Waals surface area contributed by atoms with E-state index in [1.165, 1.54) is 7.11 Å². The van der Waals surface area contributed by atoms with Gasteiger partial charge in [-0.05, 0) is 74.2 Å². The van der Waals surface area contributed by atoms with Gasteiger partial charge in [-0.1, -0.05) is 39.0 Å². The van der Waals surface area contributed by atoms with Crippen LogP contribution in [0, 0.1) is 0 Å². The second kappa shape index (κ2) is 10.8. The molecule has 0 saturated carbocycles. The number of carbonyl (C=O) groups is 3. The molecule has 0 saturated heterocycles. The quantitative estimate of drug-likeness (QED) is 0.293. The molecule has 0 spiro atoms. The number of carbonyl (C=O) groups excluding carboxylic acids is 3. The van der Waals surface area contributed by atoms with Crippen LogP contribution < -0.4 is 15.4 Å². The van der Waals surface area contributed by atoms with Crippen molar-refractivity contribution in [2.75, 3.05) is 17.7 Å². The molecule has 0 atom stereocenters. The molecule has 40 heavy (non-hydrogen) atoms. The Kier molecular flexibility index (Phi) is 7.68. The number of ether oxygens (including phenoxy) is 2. The Hall–Kier alpha value is -4.66. The highest BCUT2D eigenvalue weighted by atomic mass is 16.6. The van der Waals surface area contributed by atoms with Crippen LogP contribution in [0.2, 0.25) is 0 Å². The third kappa shape index (κ3) is 6.31. The third-order valence-electron chi connectivity index (χ3n) is 6.14. The monoisotopic (exact) mass is 542 g/mol. The number of nitrogens with zero attached hydrogens (tertiary/aromatic N) is 2. The molecule has 0 fully saturated rings. The van der Waals surface area contributed by atoms with E-state index in [1.807, 2.05) is 12.1 Å². The van der Waals surface area contributed by atoms with Gasteiger partial charge in [0.2, 0.25) is 0 Å². The molecule has 0 aliphatic heterocycles. The zero-order valence-corrected chi connectivity index (χ0v) is 23.8. The van der Waals surface area contributed by atoms with Crippen molar-refractivity contribution >= 4 is 40.2 Å². The predicted octanol–water partition coefficient (Wildman–Crippen LogP) is 6.63. The summed E-state index contributed by atoms with van der Waals surface area (Å²) in [5.41, 5.74) is 2.18. The van der Waals surface area contributed by atoms with Gasteiger partial charge in [0.05, 0.1) is 30.1 Å². The lowest BCUT2D eigenvalue weighted by molar-refractivity contribution is 0.0522. The van der Waals surface area contributed by atoms with Crippen LogP contribution >= 0.6 is 0 Å². The number of methoxy groups -OCH3 is 1. The molecule has 2 N–H and O–H groups in total. The van der Waals surface area contributed by atoms with E-state index in [1.54, 1.807) is 75.5 Å². The molecule has 0 aliphatic rings. The van der Waals surface area contributed by atoms with Crippen molar-refractivity contribution in [2.24, 2.45) is 0 Å². The van der Waals surface area contributed by atoms with Crippen molar-refractivity contribution in [2.45, 2.75) is 52.6 Å². The van der Waals surface area contributed by atoms with Gasteiger partial charge in [-0.25, -0.2) is 4.79 Å². The number of para-hydroxylation sites is 1. The van der Waals surface area contributed by atoms with E-state index in [0.717, 1.165) is 10.2 Å². The first-order chi connectivity index (χ1) is 18.8. The first kappa shape index (κ1) is 28.4. The zero-order chi connectivity index (χ0) is 29.2. The first-order valence-electron chi connectivity index (χ1n) is 12.9. The number of anilines is 2. The summed E-state index contributed by atoms with van der Waals surface area (Å²) in [6.07, 6.45) is 0.925. The standard InChI is InChI=1S/C31H34N4O5/c1-30(2,3)21-14-11-19(12-15-21)27(36)34-26-23(9-8-10-25(26)39-7)28(37)33-22-16-13-20-18-32-35(24(20)17-22)29(38)40-31(4,5)6/h8-18H,1-7H3,(H,33,37)(H,34,36). The second-order valence-corrected chi connectivity index (χ2v) is 11.4. The lowest BCUT2D eigenvalue weighted by Crippen LogP contribution is -2.27. The van der Waals surface area contributed by atoms with E-state index < -0.39 is 17.6 Å². The second-order valence-electron chi connectivity index (χ2n) is 11.4. The Bertz CT molecular complexity index is 1570. The number of aromatic nitrogens is 2. The summed E-state index contributed by atoms with van der Waals surface area (Å²) in [7, 11) is 1.47. The SMILES string of the molecule is COc1cccc(C(=O)Nc2ccc3cnn(C(=O)OC(C)(C)C)c3c2)c1NC(=O)c1ccc(C(C)(C)C)cc1. The molecule has 0 aliphatic carbocycles. The van der Waals surface area contributed by atoms with Gasteiger partial charge in [-0.15, -0.1) is 0 Å². The maximum Gasteiger partial charge on any atom is 0.435 e. The Labute approximate surface area is 233 Å². The molecule has 4 aromatic rings. The lowest BCUT2D eigenvalue weighted by atomic mass is 9.86. The topological polar surface area (TPSA) is 112 Å². The van der Waals surface area contributed by atoms with Crippen molar-refractivity contribution in [1.82, 2.24) is 9.78 Å². The van der Waals surface area contributed by atoms with Crippen molar-refractivity contribution < 1.29 is 23.9 Å². The van der Waals surface area contributed by atoms with Crippen molar-refractivity contribution in [3.8, 4) is 5.75 Å². The van der Waals surface area contributed by atoms with Crippen LogP contribution in [0.4, 0.5) is 16.2 Å². The fourth-order valence-corrected chi connectivity index (χ4v) is 4.07. The van der Waals surface area contributed by atoms with Gasteiger partial charge in [0.15, 0.2) is 0 Å². The molecule has 9 nitrogen and oxygen atoms in total. The maximum atomic E-state index is 13.4. The highest BCUT2D eigenvalue weighted by Crippen LogP contribution is 2.31. The van der Waals surface area contributed by atoms with E-state index in [4.69, 9.17) is 9.47 Å². The Morgan fingerprint density at radius 2 is 1.55 bits per heavy atom. The summed E-state index contributed by atoms with van der Waals surface area (Å²) in [4.78, 5) is 39.2. The zero-order valence-electron chi connectivity index (χ0n) is 23.8. The maximum absolute atomic E-state index is 13.4. The van der Waals surface area contributed by atoms with Crippen LogP contribution in [0.25, 0.3) is 10.9 Å². The van der Waals surface area contributed by atoms with Crippen LogP contribution in [-0.2, 0) is 10.2 Å². The van der Waals surface area contributed by atoms with Gasteiger partial charge >= 0.3 is 6.09 Å². The minimum Gasteiger partial charge on any atom is -0.495 e. The molecular weight excluding hydrogens is 508 g/mol. The van der Waals surface area contributed by atoms with Gasteiger partial charge in [0, 0.05) is 16.6 Å². The molecule has 208 valence electrons. The Morgan fingerprint density at radius 3 is 2.17 bits per heavy atom. The van der Waals surface area contributed by atoms with Gasteiger partial charge in [-0.2, -0.15) is 9.78 Å². The molecule has 1 aromatic heterocycles. The first-order valence-corrected chi connectivity index (χ1v) is 12.9. The molecule has 2 amide bonds. The summed E-state index contributed by atoms with van der Waals surface area (Å²) in [5.74, 6) is -0.507. The normalized spacial score (nSPS) is 11.7. The number of amides is 2. The minimum absolute atomic E-state index is 0.0451. The van der Waals surface area contributed by atoms with E-state index in [2.05, 4.69) is 36.5 Å². The molecule has 0 bridgehead atoms. The van der Waals surface area contributed by atoms with Crippen LogP contribution in [-0.4, -0.2) is 40.4 Å². The average molecular weight is 543 g/mol. The van der Waals surface area contributed by atoms with E-state index in [-0.39, 0.29) is 22.6 Å². The number of hydrogen-bond donors (Lipinski definition) is 2. The van der Waals surface area contributed by atoms with Gasteiger partial charge < -0.3 is 20.1 Å². The molecule has 0 radical (unpaired) electrons. The highest BCUT2D eigenvalue weighted by molar-refractivity contribution is 6.14. The van der Waals surface area contributed by atoms with Gasteiger partial charge in [-0.3, -0.25) is 9.59 Å². The molecule has 4 rings (SSSR count).